The molecule has 0 bridgehead atoms. The topological polar surface area (TPSA) is 175 Å². The molecule has 0 aromatic heterocycles. The van der Waals surface area contributed by atoms with E-state index >= 15 is 0 Å². The Morgan fingerprint density at radius 3 is 1.27 bits per heavy atom. The molecule has 11 heteroatoms. The summed E-state index contributed by atoms with van der Waals surface area (Å²) in [7, 11) is 0. The molecule has 0 radical (unpaired) electrons. The fourth-order valence-corrected chi connectivity index (χ4v) is 11.0. The van der Waals surface area contributed by atoms with Crippen molar-refractivity contribution in [3.63, 3.8) is 0 Å². The van der Waals surface area contributed by atoms with Crippen LogP contribution in [0.4, 0.5) is 0 Å². The Morgan fingerprint density at radius 1 is 0.446 bits per heavy atom. The first kappa shape index (κ1) is 78.6. The summed E-state index contributed by atoms with van der Waals surface area (Å²) in [5.74, 6) is -0.182. The van der Waals surface area contributed by atoms with Crippen molar-refractivity contribution in [2.75, 3.05) is 19.8 Å². The third-order valence-corrected chi connectivity index (χ3v) is 16.7. The molecular formula is C72H133NO10. The summed E-state index contributed by atoms with van der Waals surface area (Å²) >= 11 is 0. The lowest BCUT2D eigenvalue weighted by molar-refractivity contribution is -0.302. The average molecular weight is 1170 g/mol. The lowest BCUT2D eigenvalue weighted by atomic mass is 9.99. The second kappa shape index (κ2) is 61.3. The van der Waals surface area contributed by atoms with Crippen LogP contribution in [0.25, 0.3) is 0 Å². The van der Waals surface area contributed by atoms with Gasteiger partial charge in [-0.05, 0) is 83.5 Å². The molecule has 0 aromatic carbocycles. The molecule has 1 fully saturated rings. The van der Waals surface area contributed by atoms with Crippen LogP contribution < -0.4 is 5.32 Å². The normalized spacial score (nSPS) is 18.4. The molecule has 1 saturated heterocycles. The fourth-order valence-electron chi connectivity index (χ4n) is 11.0. The standard InChI is InChI=1S/C72H133NO10/c1-3-5-7-9-11-13-39-44-48-52-56-60-68(77)81-61-57-53-49-45-41-38-36-34-32-30-28-26-24-22-20-18-16-14-15-17-19-21-23-25-27-29-31-33-35-37-40-43-47-51-55-59-67(76)73-64(65(75)58-54-50-46-42-12-10-8-6-4-2)63-82-72-71(80)70(79)69(78)66(62-74)83-72/h9,11,16,18,22,24,54,58,64-66,69-72,74-75,78-80H,3-8,10,12-15,17,19-21,23,25-53,55-57,59-63H2,1-2H3,(H,73,76)/b11-9-,18-16-,24-22-,58-54+. The first-order valence-electron chi connectivity index (χ1n) is 35.4. The van der Waals surface area contributed by atoms with E-state index in [2.05, 4.69) is 55.6 Å². The second-order valence-corrected chi connectivity index (χ2v) is 24.6. The molecule has 6 N–H and O–H groups in total. The van der Waals surface area contributed by atoms with Crippen molar-refractivity contribution in [1.29, 1.82) is 0 Å². The van der Waals surface area contributed by atoms with Gasteiger partial charge >= 0.3 is 5.97 Å². The van der Waals surface area contributed by atoms with Crippen LogP contribution in [0.2, 0.25) is 0 Å². The van der Waals surface area contributed by atoms with Crippen molar-refractivity contribution in [2.24, 2.45) is 0 Å². The summed E-state index contributed by atoms with van der Waals surface area (Å²) in [6.45, 7) is 4.30. The molecule has 0 aromatic rings. The molecule has 83 heavy (non-hydrogen) atoms. The zero-order chi connectivity index (χ0) is 60.2. The monoisotopic (exact) mass is 1170 g/mol. The number of amides is 1. The zero-order valence-corrected chi connectivity index (χ0v) is 53.9. The summed E-state index contributed by atoms with van der Waals surface area (Å²) in [6.07, 6.45) is 69.9. The van der Waals surface area contributed by atoms with E-state index in [1.807, 2.05) is 6.08 Å². The number of aliphatic hydroxyl groups is 5. The Bertz CT molecular complexity index is 1520. The highest BCUT2D eigenvalue weighted by Crippen LogP contribution is 2.23. The maximum atomic E-state index is 13.0. The third kappa shape index (κ3) is 50.3. The van der Waals surface area contributed by atoms with Gasteiger partial charge in [-0.1, -0.05) is 287 Å². The number of esters is 1. The predicted molar refractivity (Wildman–Crippen MR) is 347 cm³/mol. The van der Waals surface area contributed by atoms with Gasteiger partial charge in [-0.2, -0.15) is 0 Å². The van der Waals surface area contributed by atoms with Crippen molar-refractivity contribution in [3.8, 4) is 0 Å². The van der Waals surface area contributed by atoms with Crippen LogP contribution in [-0.2, 0) is 23.8 Å². The van der Waals surface area contributed by atoms with Crippen LogP contribution in [0, 0.1) is 0 Å². The van der Waals surface area contributed by atoms with Crippen molar-refractivity contribution < 1.29 is 49.3 Å². The van der Waals surface area contributed by atoms with E-state index < -0.39 is 49.5 Å². The Balaban J connectivity index is 1.91. The molecule has 486 valence electrons. The summed E-state index contributed by atoms with van der Waals surface area (Å²) in [4.78, 5) is 25.0. The number of nitrogens with one attached hydrogen (secondary N) is 1. The minimum Gasteiger partial charge on any atom is -0.466 e. The first-order chi connectivity index (χ1) is 40.7. The molecule has 1 aliphatic heterocycles. The van der Waals surface area contributed by atoms with E-state index in [4.69, 9.17) is 14.2 Å². The number of carbonyl (C=O) groups is 2. The number of unbranched alkanes of at least 4 members (excludes halogenated alkanes) is 42. The number of allylic oxidation sites excluding steroid dienone is 7. The van der Waals surface area contributed by atoms with Gasteiger partial charge in [0.15, 0.2) is 6.29 Å². The Kier molecular flexibility index (Phi) is 58.0. The van der Waals surface area contributed by atoms with Crippen LogP contribution in [-0.4, -0.2) is 100 Å². The number of ether oxygens (including phenoxy) is 3. The van der Waals surface area contributed by atoms with E-state index in [-0.39, 0.29) is 18.5 Å². The van der Waals surface area contributed by atoms with E-state index in [1.165, 1.54) is 244 Å². The molecule has 1 amide bonds. The van der Waals surface area contributed by atoms with Gasteiger partial charge in [0.25, 0.3) is 0 Å². The van der Waals surface area contributed by atoms with Crippen LogP contribution in [0.1, 0.15) is 335 Å². The molecule has 0 saturated carbocycles. The quantitative estimate of drug-likeness (QED) is 0.0195. The van der Waals surface area contributed by atoms with E-state index in [1.54, 1.807) is 6.08 Å². The lowest BCUT2D eigenvalue weighted by Crippen LogP contribution is -2.60. The molecule has 1 heterocycles. The minimum absolute atomic E-state index is 0.00121. The van der Waals surface area contributed by atoms with Gasteiger partial charge in [-0.15, -0.1) is 0 Å². The molecule has 0 spiro atoms. The summed E-state index contributed by atoms with van der Waals surface area (Å²) in [6, 6.07) is -0.807. The number of rotatable bonds is 62. The van der Waals surface area contributed by atoms with Crippen molar-refractivity contribution in [2.45, 2.75) is 378 Å². The fraction of sp³-hybridized carbons (Fsp3) is 0.861. The van der Waals surface area contributed by atoms with Gasteiger partial charge in [-0.3, -0.25) is 9.59 Å². The van der Waals surface area contributed by atoms with Gasteiger partial charge in [0, 0.05) is 12.8 Å². The second-order valence-electron chi connectivity index (χ2n) is 24.6. The lowest BCUT2D eigenvalue weighted by Gasteiger charge is -2.40. The number of aliphatic hydroxyl groups excluding tert-OH is 5. The predicted octanol–water partition coefficient (Wildman–Crippen LogP) is 18.0. The van der Waals surface area contributed by atoms with Crippen molar-refractivity contribution in [1.82, 2.24) is 5.32 Å². The third-order valence-electron chi connectivity index (χ3n) is 16.7. The van der Waals surface area contributed by atoms with Gasteiger partial charge in [0.05, 0.1) is 32.0 Å². The van der Waals surface area contributed by atoms with Gasteiger partial charge < -0.3 is 45.1 Å². The molecule has 7 unspecified atom stereocenters. The maximum Gasteiger partial charge on any atom is 0.305 e. The average Bonchev–Trinajstić information content (AvgIpc) is 3.68. The Hall–Kier alpha value is -2.38. The number of hydrogen-bond acceptors (Lipinski definition) is 10. The van der Waals surface area contributed by atoms with Crippen LogP contribution in [0.15, 0.2) is 48.6 Å². The summed E-state index contributed by atoms with van der Waals surface area (Å²) in [5, 5.41) is 54.3. The Morgan fingerprint density at radius 2 is 0.819 bits per heavy atom. The molecule has 11 nitrogen and oxygen atoms in total. The number of hydrogen-bond donors (Lipinski definition) is 6. The first-order valence-corrected chi connectivity index (χ1v) is 35.4. The van der Waals surface area contributed by atoms with E-state index in [0.717, 1.165) is 64.2 Å². The zero-order valence-electron chi connectivity index (χ0n) is 53.9. The van der Waals surface area contributed by atoms with Gasteiger partial charge in [-0.25, -0.2) is 0 Å². The smallest absolute Gasteiger partial charge is 0.305 e. The molecule has 0 aliphatic carbocycles. The molecule has 1 aliphatic rings. The summed E-state index contributed by atoms with van der Waals surface area (Å²) < 4.78 is 16.7. The minimum atomic E-state index is -1.57. The SMILES string of the molecule is CCCC/C=C\CCCCCCCC(=O)OCCCCCCCCCCCCC/C=C\C/C=C\CCCCCCCCCCCCCCCCCCCC(=O)NC(COC1OC(CO)C(O)C(O)C1O)C(O)/C=C/CCCCCCCCC. The van der Waals surface area contributed by atoms with Crippen LogP contribution >= 0.6 is 0 Å². The largest absolute Gasteiger partial charge is 0.466 e. The highest BCUT2D eigenvalue weighted by molar-refractivity contribution is 5.76. The summed E-state index contributed by atoms with van der Waals surface area (Å²) in [5.41, 5.74) is 0. The van der Waals surface area contributed by atoms with Gasteiger partial charge in [0.2, 0.25) is 5.91 Å². The highest BCUT2D eigenvalue weighted by Gasteiger charge is 2.44. The Labute approximate surface area is 510 Å². The number of carbonyl (C=O) groups excluding carboxylic acids is 2. The van der Waals surface area contributed by atoms with Crippen molar-refractivity contribution in [3.05, 3.63) is 48.6 Å². The highest BCUT2D eigenvalue weighted by atomic mass is 16.7. The van der Waals surface area contributed by atoms with Crippen molar-refractivity contribution >= 4 is 11.9 Å². The maximum absolute atomic E-state index is 13.0. The van der Waals surface area contributed by atoms with Gasteiger partial charge in [0.1, 0.15) is 24.4 Å². The van der Waals surface area contributed by atoms with E-state index in [0.29, 0.717) is 19.4 Å². The van der Waals surface area contributed by atoms with Crippen LogP contribution in [0.5, 0.6) is 0 Å². The van der Waals surface area contributed by atoms with Crippen LogP contribution in [0.3, 0.4) is 0 Å². The van der Waals surface area contributed by atoms with E-state index in [9.17, 15) is 35.1 Å². The molecule has 1 rings (SSSR count). The molecular weight excluding hydrogens is 1040 g/mol. The molecule has 7 atom stereocenters.